The van der Waals surface area contributed by atoms with Crippen LogP contribution in [0.5, 0.6) is 5.75 Å². The Hall–Kier alpha value is -1.51. The molecule has 4 aliphatic carbocycles. The molecule has 254 valence electrons. The first-order valence-electron chi connectivity index (χ1n) is 17.4. The van der Waals surface area contributed by atoms with E-state index in [1.165, 1.54) is 0 Å². The second kappa shape index (κ2) is 13.9. The molecule has 9 heteroatoms. The molecule has 3 nitrogen and oxygen atoms in total. The predicted octanol–water partition coefficient (Wildman–Crippen LogP) is 10.1. The van der Waals surface area contributed by atoms with Gasteiger partial charge >= 0.3 is 6.18 Å². The van der Waals surface area contributed by atoms with Gasteiger partial charge in [0.2, 0.25) is 5.67 Å². The van der Waals surface area contributed by atoms with Crippen LogP contribution in [0.25, 0.3) is 0 Å². The third kappa shape index (κ3) is 7.18. The Balaban J connectivity index is 1.03. The number of hydrogen-bond acceptors (Lipinski definition) is 3. The zero-order valence-electron chi connectivity index (χ0n) is 26.9. The van der Waals surface area contributed by atoms with Crippen molar-refractivity contribution in [2.45, 2.75) is 134 Å². The lowest BCUT2D eigenvalue weighted by molar-refractivity contribution is -0.240. The first-order chi connectivity index (χ1) is 21.3. The molecule has 0 bridgehead atoms. The molecule has 9 unspecified atom stereocenters. The summed E-state index contributed by atoms with van der Waals surface area (Å²) in [5.41, 5.74) is -1.55. The molecule has 9 atom stereocenters. The molecule has 0 aromatic heterocycles. The van der Waals surface area contributed by atoms with E-state index in [0.29, 0.717) is 23.5 Å². The van der Waals surface area contributed by atoms with Gasteiger partial charge in [-0.3, -0.25) is 9.00 Å². The number of fused-ring (bicyclic) bond motifs is 5. The highest BCUT2D eigenvalue weighted by Crippen LogP contribution is 2.65. The predicted molar refractivity (Wildman–Crippen MR) is 168 cm³/mol. The van der Waals surface area contributed by atoms with E-state index in [2.05, 4.69) is 13.8 Å². The summed E-state index contributed by atoms with van der Waals surface area (Å²) >= 11 is 0. The summed E-state index contributed by atoms with van der Waals surface area (Å²) < 4.78 is 82.6. The Morgan fingerprint density at radius 1 is 0.933 bits per heavy atom. The van der Waals surface area contributed by atoms with Crippen molar-refractivity contribution in [2.75, 3.05) is 11.5 Å². The Kier molecular flexibility index (Phi) is 10.8. The summed E-state index contributed by atoms with van der Waals surface area (Å²) in [6, 6.07) is 5.18. The normalized spacial score (nSPS) is 33.3. The fraction of sp³-hybridized carbons (Fsp3) is 0.806. The number of aromatic hydroxyl groups is 1. The molecule has 0 saturated heterocycles. The van der Waals surface area contributed by atoms with E-state index in [0.717, 1.165) is 69.8 Å². The smallest absolute Gasteiger partial charge is 0.422 e. The van der Waals surface area contributed by atoms with E-state index in [-0.39, 0.29) is 65.8 Å². The number of phenolic OH excluding ortho intramolecular Hbond substituents is 1. The fourth-order valence-electron chi connectivity index (χ4n) is 9.33. The Labute approximate surface area is 268 Å². The summed E-state index contributed by atoms with van der Waals surface area (Å²) in [6.07, 6.45) is 3.74. The van der Waals surface area contributed by atoms with Crippen LogP contribution in [0.15, 0.2) is 18.2 Å². The lowest BCUT2D eigenvalue weighted by atomic mass is 9.51. The molecular formula is C36H51F5O3S. The number of benzene rings is 1. The largest absolute Gasteiger partial charge is 0.508 e. The number of unbranched alkanes of at least 4 members (excludes halogenated alkanes) is 6. The van der Waals surface area contributed by atoms with Gasteiger partial charge in [-0.2, -0.15) is 13.2 Å². The molecule has 1 N–H and O–H groups in total. The summed E-state index contributed by atoms with van der Waals surface area (Å²) in [5.74, 6) is 0.433. The molecule has 3 saturated carbocycles. The monoisotopic (exact) mass is 658 g/mol. The van der Waals surface area contributed by atoms with E-state index in [4.69, 9.17) is 0 Å². The van der Waals surface area contributed by atoms with Crippen LogP contribution in [-0.4, -0.2) is 38.4 Å². The number of rotatable bonds is 15. The second-order valence-corrected chi connectivity index (χ2v) is 16.7. The van der Waals surface area contributed by atoms with E-state index in [1.54, 1.807) is 12.1 Å². The number of hydrogen-bond donors (Lipinski definition) is 1. The van der Waals surface area contributed by atoms with Crippen LogP contribution in [0.2, 0.25) is 0 Å². The van der Waals surface area contributed by atoms with Gasteiger partial charge in [0.15, 0.2) is 0 Å². The van der Waals surface area contributed by atoms with Crippen molar-refractivity contribution in [2.24, 2.45) is 35.0 Å². The van der Waals surface area contributed by atoms with Gasteiger partial charge < -0.3 is 5.11 Å². The van der Waals surface area contributed by atoms with Crippen molar-refractivity contribution in [3.63, 3.8) is 0 Å². The van der Waals surface area contributed by atoms with Crippen LogP contribution in [0, 0.1) is 35.0 Å². The number of alkyl halides is 5. The average molecular weight is 659 g/mol. The van der Waals surface area contributed by atoms with Crippen molar-refractivity contribution in [3.8, 4) is 5.75 Å². The van der Waals surface area contributed by atoms with Crippen LogP contribution >= 0.6 is 0 Å². The van der Waals surface area contributed by atoms with Crippen LogP contribution in [0.3, 0.4) is 0 Å². The van der Waals surface area contributed by atoms with E-state index >= 15 is 4.39 Å². The first kappa shape index (κ1) is 34.8. The molecule has 1 aromatic rings. The van der Waals surface area contributed by atoms with Gasteiger partial charge in [0.25, 0.3) is 0 Å². The number of ketones is 1. The Morgan fingerprint density at radius 3 is 2.24 bits per heavy atom. The number of carbonyl (C=O) groups excluding carboxylic acids is 1. The molecule has 0 radical (unpaired) electrons. The minimum atomic E-state index is -4.86. The van der Waals surface area contributed by atoms with Gasteiger partial charge in [-0.15, -0.1) is 0 Å². The third-order valence-corrected chi connectivity index (χ3v) is 13.8. The Bertz CT molecular complexity index is 1220. The SMILES string of the molecule is CC1C(=O)CC2C3C(CCC12C)c1ccc(O)cc1C(F)C3CCCCCCCCCS(=O)CCCC(F)(C1CC1)C(F)(F)F. The lowest BCUT2D eigenvalue weighted by Gasteiger charge is -2.54. The number of carbonyl (C=O) groups is 1. The van der Waals surface area contributed by atoms with E-state index in [1.807, 2.05) is 6.07 Å². The molecule has 3 fully saturated rings. The van der Waals surface area contributed by atoms with Gasteiger partial charge in [0.05, 0.1) is 0 Å². The number of halogens is 5. The van der Waals surface area contributed by atoms with Crippen LogP contribution in [-0.2, 0) is 15.6 Å². The molecule has 0 spiro atoms. The summed E-state index contributed by atoms with van der Waals surface area (Å²) in [4.78, 5) is 12.9. The summed E-state index contributed by atoms with van der Waals surface area (Å²) in [7, 11) is -1.23. The lowest BCUT2D eigenvalue weighted by Crippen LogP contribution is -2.46. The summed E-state index contributed by atoms with van der Waals surface area (Å²) in [6.45, 7) is 4.30. The molecular weight excluding hydrogens is 607 g/mol. The van der Waals surface area contributed by atoms with Crippen molar-refractivity contribution in [1.29, 1.82) is 0 Å². The second-order valence-electron chi connectivity index (χ2n) is 15.0. The zero-order chi connectivity index (χ0) is 32.6. The van der Waals surface area contributed by atoms with Gasteiger partial charge in [0, 0.05) is 40.6 Å². The minimum Gasteiger partial charge on any atom is -0.508 e. The highest BCUT2D eigenvalue weighted by Gasteiger charge is 2.63. The van der Waals surface area contributed by atoms with E-state index in [9.17, 15) is 31.7 Å². The summed E-state index contributed by atoms with van der Waals surface area (Å²) in [5, 5.41) is 10.1. The highest BCUT2D eigenvalue weighted by atomic mass is 32.2. The maximum Gasteiger partial charge on any atom is 0.422 e. The van der Waals surface area contributed by atoms with Gasteiger partial charge in [-0.05, 0) is 104 Å². The van der Waals surface area contributed by atoms with Crippen molar-refractivity contribution in [1.82, 2.24) is 0 Å². The molecule has 45 heavy (non-hydrogen) atoms. The Morgan fingerprint density at radius 2 is 1.58 bits per heavy atom. The van der Waals surface area contributed by atoms with Crippen molar-refractivity contribution < 1.29 is 36.1 Å². The van der Waals surface area contributed by atoms with Crippen LogP contribution < -0.4 is 0 Å². The highest BCUT2D eigenvalue weighted by molar-refractivity contribution is 7.84. The van der Waals surface area contributed by atoms with Crippen molar-refractivity contribution >= 4 is 16.6 Å². The topological polar surface area (TPSA) is 54.4 Å². The van der Waals surface area contributed by atoms with Gasteiger partial charge in [0.1, 0.15) is 17.7 Å². The molecule has 1 aromatic carbocycles. The maximum absolute atomic E-state index is 16.3. The van der Waals surface area contributed by atoms with Crippen molar-refractivity contribution in [3.05, 3.63) is 29.3 Å². The molecule has 4 aliphatic rings. The molecule has 0 amide bonds. The third-order valence-electron chi connectivity index (χ3n) is 12.3. The fourth-order valence-corrected chi connectivity index (χ4v) is 10.5. The van der Waals surface area contributed by atoms with Gasteiger partial charge in [-0.1, -0.05) is 58.4 Å². The quantitative estimate of drug-likeness (QED) is 0.151. The molecule has 0 heterocycles. The average Bonchev–Trinajstić information content (AvgIpc) is 3.81. The van der Waals surface area contributed by atoms with Gasteiger partial charge in [-0.25, -0.2) is 8.78 Å². The zero-order valence-corrected chi connectivity index (χ0v) is 27.7. The standard InChI is InChI=1S/C36H51F5O3S/c1-23-31(43)22-30-32-27(16-18-34(23,30)2)26-15-14-25(42)21-29(26)33(37)28(32)11-8-6-4-3-5-7-9-19-45(44)20-10-17-35(38,24-12-13-24)36(39,40)41/h14-15,21,23-24,27-28,30,32-33,42H,3-13,16-20,22H2,1-2H3. The molecule has 5 rings (SSSR count). The van der Waals surface area contributed by atoms with E-state index < -0.39 is 41.2 Å². The van der Waals surface area contributed by atoms with Crippen LogP contribution in [0.1, 0.15) is 133 Å². The maximum atomic E-state index is 16.3. The van der Waals surface area contributed by atoms with Crippen LogP contribution in [0.4, 0.5) is 22.0 Å². The molecule has 0 aliphatic heterocycles. The minimum absolute atomic E-state index is 0.0104. The first-order valence-corrected chi connectivity index (χ1v) is 18.9. The number of phenols is 1. The number of Topliss-reactive ketones (excluding diaryl/α,β-unsaturated/α-hetero) is 1.